The fraction of sp³-hybridized carbons (Fsp3) is 0.650. The fourth-order valence-electron chi connectivity index (χ4n) is 4.54. The van der Waals surface area contributed by atoms with Crippen molar-refractivity contribution in [1.82, 2.24) is 10.2 Å². The van der Waals surface area contributed by atoms with E-state index in [-0.39, 0.29) is 5.91 Å². The van der Waals surface area contributed by atoms with E-state index < -0.39 is 0 Å². The van der Waals surface area contributed by atoms with Gasteiger partial charge in [-0.15, -0.1) is 0 Å². The molecule has 1 aromatic rings. The Balaban J connectivity index is 1.30. The van der Waals surface area contributed by atoms with Crippen LogP contribution in [0.1, 0.15) is 36.8 Å². The van der Waals surface area contributed by atoms with E-state index in [1.54, 1.807) is 0 Å². The van der Waals surface area contributed by atoms with Crippen LogP contribution in [0.2, 0.25) is 0 Å². The Bertz CT molecular complexity index is 587. The van der Waals surface area contributed by atoms with Crippen LogP contribution in [0.5, 0.6) is 5.75 Å². The maximum atomic E-state index is 12.6. The van der Waals surface area contributed by atoms with Crippen LogP contribution >= 0.6 is 0 Å². The Morgan fingerprint density at radius 2 is 2.08 bits per heavy atom. The van der Waals surface area contributed by atoms with Crippen molar-refractivity contribution in [3.63, 3.8) is 0 Å². The zero-order chi connectivity index (χ0) is 16.4. The van der Waals surface area contributed by atoms with Gasteiger partial charge < -0.3 is 15.0 Å². The first-order valence-electron chi connectivity index (χ1n) is 9.53. The number of nitrogens with one attached hydrogen (secondary N) is 1. The van der Waals surface area contributed by atoms with Crippen LogP contribution in [0.15, 0.2) is 18.2 Å². The Labute approximate surface area is 144 Å². The van der Waals surface area contributed by atoms with Crippen molar-refractivity contribution < 1.29 is 9.53 Å². The number of hydrogen-bond acceptors (Lipinski definition) is 3. The van der Waals surface area contributed by atoms with Gasteiger partial charge in [0.05, 0.1) is 13.0 Å². The van der Waals surface area contributed by atoms with Crippen molar-refractivity contribution >= 4 is 5.91 Å². The summed E-state index contributed by atoms with van der Waals surface area (Å²) < 4.78 is 5.54. The first-order chi connectivity index (χ1) is 11.8. The summed E-state index contributed by atoms with van der Waals surface area (Å²) in [4.78, 5) is 14.7. The second-order valence-corrected chi connectivity index (χ2v) is 7.54. The minimum atomic E-state index is 0.286. The number of fused-ring (bicyclic) bond motifs is 1. The lowest BCUT2D eigenvalue weighted by Gasteiger charge is -2.38. The van der Waals surface area contributed by atoms with Gasteiger partial charge in [-0.1, -0.05) is 12.1 Å². The van der Waals surface area contributed by atoms with Gasteiger partial charge in [0.25, 0.3) is 0 Å². The summed E-state index contributed by atoms with van der Waals surface area (Å²) >= 11 is 0. The number of benzene rings is 1. The van der Waals surface area contributed by atoms with E-state index in [0.717, 1.165) is 49.3 Å². The molecule has 4 nitrogen and oxygen atoms in total. The zero-order valence-electron chi connectivity index (χ0n) is 14.4. The lowest BCUT2D eigenvalue weighted by molar-refractivity contribution is -0.132. The summed E-state index contributed by atoms with van der Waals surface area (Å²) in [5, 5.41) is 3.53. The van der Waals surface area contributed by atoms with Crippen molar-refractivity contribution in [2.24, 2.45) is 11.8 Å². The summed E-state index contributed by atoms with van der Waals surface area (Å²) in [6, 6.07) is 6.22. The highest BCUT2D eigenvalue weighted by molar-refractivity contribution is 5.79. The summed E-state index contributed by atoms with van der Waals surface area (Å²) in [5.74, 6) is 2.91. The van der Waals surface area contributed by atoms with Crippen molar-refractivity contribution in [3.05, 3.63) is 29.3 Å². The number of rotatable bonds is 3. The Morgan fingerprint density at radius 1 is 1.21 bits per heavy atom. The molecule has 0 aromatic heterocycles. The van der Waals surface area contributed by atoms with Crippen LogP contribution in [0, 0.1) is 11.8 Å². The normalized spacial score (nSPS) is 24.5. The molecule has 0 bridgehead atoms. The number of hydrogen-bond donors (Lipinski definition) is 1. The highest BCUT2D eigenvalue weighted by Gasteiger charge is 2.29. The summed E-state index contributed by atoms with van der Waals surface area (Å²) in [6.45, 7) is 5.01. The smallest absolute Gasteiger partial charge is 0.226 e. The van der Waals surface area contributed by atoms with Gasteiger partial charge in [-0.05, 0) is 67.8 Å². The summed E-state index contributed by atoms with van der Waals surface area (Å²) in [5.41, 5.74) is 2.38. The van der Waals surface area contributed by atoms with E-state index in [2.05, 4.69) is 16.3 Å². The van der Waals surface area contributed by atoms with Gasteiger partial charge >= 0.3 is 0 Å². The molecule has 0 spiro atoms. The quantitative estimate of drug-likeness (QED) is 0.926. The monoisotopic (exact) mass is 328 g/mol. The number of likely N-dealkylation sites (tertiary alicyclic amines) is 1. The maximum Gasteiger partial charge on any atom is 0.226 e. The van der Waals surface area contributed by atoms with Gasteiger partial charge in [0.1, 0.15) is 5.75 Å². The molecular formula is C20H28N2O2. The Kier molecular flexibility index (Phi) is 4.74. The summed E-state index contributed by atoms with van der Waals surface area (Å²) in [6.07, 6.45) is 6.53. The largest absolute Gasteiger partial charge is 0.493 e. The predicted molar refractivity (Wildman–Crippen MR) is 94.2 cm³/mol. The number of carbonyl (C=O) groups is 1. The van der Waals surface area contributed by atoms with Crippen molar-refractivity contribution in [3.8, 4) is 5.75 Å². The van der Waals surface area contributed by atoms with Gasteiger partial charge in [0.2, 0.25) is 5.91 Å². The number of amides is 1. The molecule has 0 saturated carbocycles. The second kappa shape index (κ2) is 7.14. The number of ether oxygens (including phenoxy) is 1. The first-order valence-corrected chi connectivity index (χ1v) is 9.53. The molecule has 2 fully saturated rings. The van der Waals surface area contributed by atoms with Crippen molar-refractivity contribution in [2.75, 3.05) is 32.8 Å². The third kappa shape index (κ3) is 3.44. The molecule has 1 atom stereocenters. The fourth-order valence-corrected chi connectivity index (χ4v) is 4.54. The first kappa shape index (κ1) is 15.9. The molecule has 0 aliphatic carbocycles. The highest BCUT2D eigenvalue weighted by atomic mass is 16.5. The molecule has 3 aliphatic heterocycles. The van der Waals surface area contributed by atoms with Gasteiger partial charge in [-0.3, -0.25) is 4.79 Å². The molecule has 1 amide bonds. The standard InChI is InChI=1S/C20H28N2O2/c23-20(13-15-3-4-19-17(12-15)7-11-24-19)22-9-5-16(6-10-22)18-2-1-8-21-14-18/h3-4,12,16,18,21H,1-2,5-11,13-14H2. The molecule has 24 heavy (non-hydrogen) atoms. The number of carbonyl (C=O) groups excluding carboxylic acids is 1. The van der Waals surface area contributed by atoms with Crippen LogP contribution in [0.25, 0.3) is 0 Å². The summed E-state index contributed by atoms with van der Waals surface area (Å²) in [7, 11) is 0. The van der Waals surface area contributed by atoms with Crippen LogP contribution in [0.3, 0.4) is 0 Å². The van der Waals surface area contributed by atoms with E-state index in [1.807, 2.05) is 12.1 Å². The Hall–Kier alpha value is -1.55. The van der Waals surface area contributed by atoms with Gasteiger partial charge in [0, 0.05) is 19.5 Å². The molecule has 1 aromatic carbocycles. The minimum absolute atomic E-state index is 0.286. The molecular weight excluding hydrogens is 300 g/mol. The molecule has 1 unspecified atom stereocenters. The molecule has 4 heteroatoms. The molecule has 0 radical (unpaired) electrons. The van der Waals surface area contributed by atoms with E-state index in [1.165, 1.54) is 44.3 Å². The molecule has 3 aliphatic rings. The molecule has 130 valence electrons. The highest BCUT2D eigenvalue weighted by Crippen LogP contribution is 2.30. The van der Waals surface area contributed by atoms with Crippen LogP contribution in [-0.4, -0.2) is 43.6 Å². The topological polar surface area (TPSA) is 41.6 Å². The third-order valence-electron chi connectivity index (χ3n) is 6.00. The van der Waals surface area contributed by atoms with Crippen molar-refractivity contribution in [2.45, 2.75) is 38.5 Å². The van der Waals surface area contributed by atoms with Crippen LogP contribution in [0.4, 0.5) is 0 Å². The lowest BCUT2D eigenvalue weighted by atomic mass is 9.80. The van der Waals surface area contributed by atoms with E-state index in [0.29, 0.717) is 6.42 Å². The third-order valence-corrected chi connectivity index (χ3v) is 6.00. The lowest BCUT2D eigenvalue weighted by Crippen LogP contribution is -2.43. The number of piperidine rings is 2. The predicted octanol–water partition coefficient (Wildman–Crippen LogP) is 2.40. The van der Waals surface area contributed by atoms with Crippen molar-refractivity contribution in [1.29, 1.82) is 0 Å². The van der Waals surface area contributed by atoms with Gasteiger partial charge in [-0.2, -0.15) is 0 Å². The van der Waals surface area contributed by atoms with Gasteiger partial charge in [0.15, 0.2) is 0 Å². The second-order valence-electron chi connectivity index (χ2n) is 7.54. The average molecular weight is 328 g/mol. The van der Waals surface area contributed by atoms with Crippen LogP contribution in [-0.2, 0) is 17.6 Å². The van der Waals surface area contributed by atoms with Gasteiger partial charge in [-0.25, -0.2) is 0 Å². The molecule has 3 heterocycles. The zero-order valence-corrected chi connectivity index (χ0v) is 14.4. The molecule has 4 rings (SSSR count). The Morgan fingerprint density at radius 3 is 2.88 bits per heavy atom. The van der Waals surface area contributed by atoms with E-state index in [4.69, 9.17) is 4.74 Å². The van der Waals surface area contributed by atoms with E-state index in [9.17, 15) is 4.79 Å². The average Bonchev–Trinajstić information content (AvgIpc) is 3.10. The minimum Gasteiger partial charge on any atom is -0.493 e. The SMILES string of the molecule is O=C(Cc1ccc2c(c1)CCO2)N1CCC(C2CCCNC2)CC1. The molecule has 2 saturated heterocycles. The van der Waals surface area contributed by atoms with E-state index >= 15 is 0 Å². The molecule has 1 N–H and O–H groups in total. The maximum absolute atomic E-state index is 12.6. The van der Waals surface area contributed by atoms with Crippen LogP contribution < -0.4 is 10.1 Å². The number of nitrogens with zero attached hydrogens (tertiary/aromatic N) is 1.